The van der Waals surface area contributed by atoms with E-state index < -0.39 is 12.5 Å². The second-order valence-electron chi connectivity index (χ2n) is 7.32. The molecule has 0 amide bonds. The first-order chi connectivity index (χ1) is 11.4. The predicted octanol–water partition coefficient (Wildman–Crippen LogP) is 3.13. The average molecular weight is 345 g/mol. The Morgan fingerprint density at radius 3 is 2.42 bits per heavy atom. The standard InChI is InChI=1S/C16H22F3N3O2/c1-10-2-12-8-23-9-13(3-10)22(12)14-6-20-21(7-14)11-4-15(5-11)24-16(17,18)19/h6-7,10-13,15H,2-5,8-9H2,1H3/t10?,11?,12-,13+,15?. The molecule has 2 aliphatic heterocycles. The van der Waals surface area contributed by atoms with E-state index in [1.54, 1.807) is 4.68 Å². The largest absolute Gasteiger partial charge is 0.522 e. The third-order valence-electron chi connectivity index (χ3n) is 5.39. The van der Waals surface area contributed by atoms with Gasteiger partial charge in [0.1, 0.15) is 0 Å². The van der Waals surface area contributed by atoms with Crippen molar-refractivity contribution in [1.29, 1.82) is 0 Å². The van der Waals surface area contributed by atoms with Crippen LogP contribution in [0.2, 0.25) is 0 Å². The van der Waals surface area contributed by atoms with E-state index in [4.69, 9.17) is 4.74 Å². The minimum atomic E-state index is -4.55. The number of hydrogen-bond donors (Lipinski definition) is 0. The van der Waals surface area contributed by atoms with Gasteiger partial charge in [-0.3, -0.25) is 9.42 Å². The molecule has 4 rings (SSSR count). The fourth-order valence-electron chi connectivity index (χ4n) is 4.31. The highest BCUT2D eigenvalue weighted by molar-refractivity contribution is 5.46. The van der Waals surface area contributed by atoms with E-state index in [1.807, 2.05) is 12.4 Å². The Morgan fingerprint density at radius 2 is 1.79 bits per heavy atom. The fraction of sp³-hybridized carbons (Fsp3) is 0.812. The molecule has 1 saturated carbocycles. The molecule has 5 nitrogen and oxygen atoms in total. The number of piperidine rings is 1. The van der Waals surface area contributed by atoms with Crippen molar-refractivity contribution in [3.8, 4) is 0 Å². The van der Waals surface area contributed by atoms with Crippen LogP contribution in [0.25, 0.3) is 0 Å². The van der Waals surface area contributed by atoms with Gasteiger partial charge in [0.25, 0.3) is 0 Å². The number of fused-ring (bicyclic) bond motifs is 2. The quantitative estimate of drug-likeness (QED) is 0.844. The second-order valence-corrected chi connectivity index (χ2v) is 7.32. The number of ether oxygens (including phenoxy) is 2. The lowest BCUT2D eigenvalue weighted by Crippen LogP contribution is -2.56. The summed E-state index contributed by atoms with van der Waals surface area (Å²) in [5, 5.41) is 4.39. The third-order valence-corrected chi connectivity index (χ3v) is 5.39. The van der Waals surface area contributed by atoms with Crippen LogP contribution in [-0.2, 0) is 9.47 Å². The van der Waals surface area contributed by atoms with Gasteiger partial charge in [0.15, 0.2) is 0 Å². The van der Waals surface area contributed by atoms with Gasteiger partial charge in [0.05, 0.1) is 49.3 Å². The maximum absolute atomic E-state index is 12.2. The lowest BCUT2D eigenvalue weighted by molar-refractivity contribution is -0.353. The van der Waals surface area contributed by atoms with E-state index in [0.717, 1.165) is 31.7 Å². The monoisotopic (exact) mass is 345 g/mol. The van der Waals surface area contributed by atoms with Crippen LogP contribution in [0.5, 0.6) is 0 Å². The van der Waals surface area contributed by atoms with Crippen molar-refractivity contribution in [2.24, 2.45) is 5.92 Å². The smallest absolute Gasteiger partial charge is 0.377 e. The number of aromatic nitrogens is 2. The first kappa shape index (κ1) is 16.2. The summed E-state index contributed by atoms with van der Waals surface area (Å²) in [6.07, 6.45) is 1.42. The highest BCUT2D eigenvalue weighted by Gasteiger charge is 2.42. The van der Waals surface area contributed by atoms with Gasteiger partial charge in [0.2, 0.25) is 0 Å². The molecular weight excluding hydrogens is 323 g/mol. The van der Waals surface area contributed by atoms with Crippen LogP contribution in [-0.4, -0.2) is 47.5 Å². The molecule has 3 heterocycles. The normalized spacial score (nSPS) is 36.5. The Balaban J connectivity index is 1.41. The van der Waals surface area contributed by atoms with Crippen molar-refractivity contribution in [1.82, 2.24) is 9.78 Å². The number of nitrogens with zero attached hydrogens (tertiary/aromatic N) is 3. The minimum absolute atomic E-state index is 0.00842. The van der Waals surface area contributed by atoms with E-state index in [0.29, 0.717) is 30.8 Å². The molecule has 2 bridgehead atoms. The lowest BCUT2D eigenvalue weighted by Gasteiger charge is -2.48. The Bertz CT molecular complexity index is 571. The molecule has 1 aromatic heterocycles. The topological polar surface area (TPSA) is 39.5 Å². The van der Waals surface area contributed by atoms with Crippen molar-refractivity contribution < 1.29 is 22.6 Å². The Labute approximate surface area is 138 Å². The molecule has 134 valence electrons. The first-order valence-electron chi connectivity index (χ1n) is 8.54. The highest BCUT2D eigenvalue weighted by atomic mass is 19.4. The van der Waals surface area contributed by atoms with Gasteiger partial charge < -0.3 is 9.64 Å². The number of rotatable bonds is 3. The van der Waals surface area contributed by atoms with Crippen LogP contribution in [0.3, 0.4) is 0 Å². The van der Waals surface area contributed by atoms with Crippen molar-refractivity contribution in [3.05, 3.63) is 12.4 Å². The Hall–Kier alpha value is -1.28. The summed E-state index contributed by atoms with van der Waals surface area (Å²) in [6, 6.07) is 0.728. The second kappa shape index (κ2) is 5.91. The number of anilines is 1. The molecule has 8 heteroatoms. The molecule has 24 heavy (non-hydrogen) atoms. The molecule has 3 fully saturated rings. The fourth-order valence-corrected chi connectivity index (χ4v) is 4.31. The summed E-state index contributed by atoms with van der Waals surface area (Å²) in [5.41, 5.74) is 1.06. The van der Waals surface area contributed by atoms with E-state index >= 15 is 0 Å². The van der Waals surface area contributed by atoms with Crippen molar-refractivity contribution in [2.75, 3.05) is 18.1 Å². The number of alkyl halides is 3. The van der Waals surface area contributed by atoms with E-state index in [9.17, 15) is 13.2 Å². The van der Waals surface area contributed by atoms with Crippen LogP contribution in [0.1, 0.15) is 38.6 Å². The summed E-state index contributed by atoms with van der Waals surface area (Å²) in [5.74, 6) is 0.696. The molecule has 0 aromatic carbocycles. The molecule has 1 aliphatic carbocycles. The van der Waals surface area contributed by atoms with E-state index in [-0.39, 0.29) is 6.04 Å². The van der Waals surface area contributed by atoms with Crippen molar-refractivity contribution in [2.45, 2.75) is 63.2 Å². The van der Waals surface area contributed by atoms with Crippen molar-refractivity contribution in [3.63, 3.8) is 0 Å². The summed E-state index contributed by atoms with van der Waals surface area (Å²) >= 11 is 0. The zero-order valence-corrected chi connectivity index (χ0v) is 13.6. The Morgan fingerprint density at radius 1 is 1.12 bits per heavy atom. The van der Waals surface area contributed by atoms with Gasteiger partial charge >= 0.3 is 6.36 Å². The highest BCUT2D eigenvalue weighted by Crippen LogP contribution is 2.40. The lowest BCUT2D eigenvalue weighted by atomic mass is 9.86. The van der Waals surface area contributed by atoms with Gasteiger partial charge in [0, 0.05) is 6.20 Å². The molecule has 3 atom stereocenters. The molecule has 1 aromatic rings. The molecule has 0 spiro atoms. The SMILES string of the molecule is CC1C[C@H]2COC[C@@H](C1)N2c1cnn(C2CC(OC(F)(F)F)C2)c1. The summed E-state index contributed by atoms with van der Waals surface area (Å²) < 4.78 is 48.1. The molecule has 2 saturated heterocycles. The van der Waals surface area contributed by atoms with Crippen LogP contribution in [0.15, 0.2) is 12.4 Å². The zero-order valence-electron chi connectivity index (χ0n) is 13.6. The van der Waals surface area contributed by atoms with Crippen LogP contribution in [0, 0.1) is 5.92 Å². The van der Waals surface area contributed by atoms with Gasteiger partial charge in [-0.1, -0.05) is 6.92 Å². The zero-order chi connectivity index (χ0) is 16.9. The minimum Gasteiger partial charge on any atom is -0.377 e. The Kier molecular flexibility index (Phi) is 3.99. The summed E-state index contributed by atoms with van der Waals surface area (Å²) in [7, 11) is 0. The maximum Gasteiger partial charge on any atom is 0.522 e. The summed E-state index contributed by atoms with van der Waals surface area (Å²) in [4.78, 5) is 2.40. The third kappa shape index (κ3) is 3.13. The van der Waals surface area contributed by atoms with Crippen molar-refractivity contribution >= 4 is 5.69 Å². The molecule has 0 radical (unpaired) electrons. The number of hydrogen-bond acceptors (Lipinski definition) is 4. The van der Waals surface area contributed by atoms with Crippen LogP contribution in [0.4, 0.5) is 18.9 Å². The van der Waals surface area contributed by atoms with Gasteiger partial charge in [-0.2, -0.15) is 5.10 Å². The number of morpholine rings is 1. The van der Waals surface area contributed by atoms with E-state index in [2.05, 4.69) is 21.7 Å². The summed E-state index contributed by atoms with van der Waals surface area (Å²) in [6.45, 7) is 3.75. The van der Waals surface area contributed by atoms with Gasteiger partial charge in [-0.15, -0.1) is 13.2 Å². The van der Waals surface area contributed by atoms with Gasteiger partial charge in [-0.25, -0.2) is 0 Å². The molecule has 1 unspecified atom stereocenters. The van der Waals surface area contributed by atoms with Gasteiger partial charge in [-0.05, 0) is 31.6 Å². The molecule has 3 aliphatic rings. The van der Waals surface area contributed by atoms with E-state index in [1.165, 1.54) is 0 Å². The maximum atomic E-state index is 12.2. The van der Waals surface area contributed by atoms with Crippen LogP contribution < -0.4 is 4.90 Å². The predicted molar refractivity (Wildman–Crippen MR) is 80.7 cm³/mol. The number of halogens is 3. The average Bonchev–Trinajstić information content (AvgIpc) is 2.89. The first-order valence-corrected chi connectivity index (χ1v) is 8.54. The molecular formula is C16H22F3N3O2. The molecule has 0 N–H and O–H groups in total. The van der Waals surface area contributed by atoms with Crippen LogP contribution >= 0.6 is 0 Å².